The number of fused-ring (bicyclic) bond motifs is 1. The number of carbonyl (C=O) groups is 1. The Kier molecular flexibility index (Phi) is 3.79. The molecule has 130 valence electrons. The second-order valence-electron chi connectivity index (χ2n) is 5.96. The van der Waals surface area contributed by atoms with Crippen LogP contribution in [0, 0.1) is 6.92 Å². The molecule has 3 aromatic rings. The van der Waals surface area contributed by atoms with Crippen molar-refractivity contribution in [3.63, 3.8) is 0 Å². The molecular formula is C15H17N7O3. The number of esters is 1. The zero-order valence-corrected chi connectivity index (χ0v) is 13.9. The predicted molar refractivity (Wildman–Crippen MR) is 86.2 cm³/mol. The minimum atomic E-state index is -0.489. The molecule has 0 aromatic carbocycles. The van der Waals surface area contributed by atoms with Gasteiger partial charge in [0.2, 0.25) is 0 Å². The molecule has 3 aromatic heterocycles. The first-order valence-electron chi connectivity index (χ1n) is 7.99. The highest BCUT2D eigenvalue weighted by Gasteiger charge is 2.26. The van der Waals surface area contributed by atoms with Crippen LogP contribution in [-0.2, 0) is 4.74 Å². The molecule has 1 fully saturated rings. The third-order valence-electron chi connectivity index (χ3n) is 4.40. The zero-order valence-electron chi connectivity index (χ0n) is 13.9. The van der Waals surface area contributed by atoms with Crippen LogP contribution < -0.4 is 4.90 Å². The molecule has 0 saturated carbocycles. The van der Waals surface area contributed by atoms with Gasteiger partial charge < -0.3 is 14.2 Å². The lowest BCUT2D eigenvalue weighted by atomic mass is 10.1. The van der Waals surface area contributed by atoms with Crippen LogP contribution >= 0.6 is 0 Å². The average molecular weight is 343 g/mol. The standard InChI is InChI=1S/C15H17N7O3/c1-9-12-13(16-8-17-14(12)25-19-9)21-5-3-4-10(6-21)22-7-11(18-20-22)15(23)24-2/h7-8,10H,3-6H2,1-2H3/t10-/m0/s1. The van der Waals surface area contributed by atoms with E-state index in [1.165, 1.54) is 13.4 Å². The summed E-state index contributed by atoms with van der Waals surface area (Å²) in [7, 11) is 1.32. The summed E-state index contributed by atoms with van der Waals surface area (Å²) in [6.45, 7) is 3.44. The molecule has 4 heterocycles. The quantitative estimate of drug-likeness (QED) is 0.646. The van der Waals surface area contributed by atoms with Gasteiger partial charge in [-0.05, 0) is 19.8 Å². The molecule has 4 rings (SSSR count). The van der Waals surface area contributed by atoms with Gasteiger partial charge in [0.25, 0.3) is 5.71 Å². The van der Waals surface area contributed by atoms with E-state index in [-0.39, 0.29) is 11.7 Å². The van der Waals surface area contributed by atoms with Gasteiger partial charge in [-0.1, -0.05) is 10.4 Å². The van der Waals surface area contributed by atoms with Gasteiger partial charge >= 0.3 is 5.97 Å². The van der Waals surface area contributed by atoms with Gasteiger partial charge in [-0.2, -0.15) is 4.98 Å². The topological polar surface area (TPSA) is 112 Å². The summed E-state index contributed by atoms with van der Waals surface area (Å²) in [4.78, 5) is 22.3. The van der Waals surface area contributed by atoms with E-state index in [9.17, 15) is 4.79 Å². The van der Waals surface area contributed by atoms with E-state index < -0.39 is 5.97 Å². The van der Waals surface area contributed by atoms with Crippen molar-refractivity contribution in [3.05, 3.63) is 23.9 Å². The lowest BCUT2D eigenvalue weighted by Crippen LogP contribution is -2.37. The first-order valence-corrected chi connectivity index (χ1v) is 7.99. The number of ether oxygens (including phenoxy) is 1. The van der Waals surface area contributed by atoms with Crippen LogP contribution in [0.3, 0.4) is 0 Å². The fourth-order valence-electron chi connectivity index (χ4n) is 3.16. The van der Waals surface area contributed by atoms with Gasteiger partial charge in [0, 0.05) is 13.1 Å². The maximum absolute atomic E-state index is 11.6. The molecule has 0 N–H and O–H groups in total. The molecule has 1 aliphatic heterocycles. The second-order valence-corrected chi connectivity index (χ2v) is 5.96. The summed E-state index contributed by atoms with van der Waals surface area (Å²) >= 11 is 0. The molecule has 1 saturated heterocycles. The number of rotatable bonds is 3. The van der Waals surface area contributed by atoms with E-state index in [0.717, 1.165) is 36.3 Å². The van der Waals surface area contributed by atoms with Crippen molar-refractivity contribution >= 4 is 22.9 Å². The summed E-state index contributed by atoms with van der Waals surface area (Å²) in [5.41, 5.74) is 1.46. The minimum absolute atomic E-state index is 0.0878. The monoisotopic (exact) mass is 343 g/mol. The largest absolute Gasteiger partial charge is 0.464 e. The Labute approximate surface area is 142 Å². The van der Waals surface area contributed by atoms with Crippen LogP contribution in [-0.4, -0.2) is 56.3 Å². The third-order valence-corrected chi connectivity index (χ3v) is 4.40. The summed E-state index contributed by atoms with van der Waals surface area (Å²) in [6.07, 6.45) is 5.02. The molecule has 0 amide bonds. The number of carbonyl (C=O) groups excluding carboxylic acids is 1. The van der Waals surface area contributed by atoms with Gasteiger partial charge in [0.05, 0.1) is 25.0 Å². The van der Waals surface area contributed by atoms with E-state index >= 15 is 0 Å². The number of methoxy groups -OCH3 is 1. The maximum Gasteiger partial charge on any atom is 0.360 e. The van der Waals surface area contributed by atoms with Crippen LogP contribution in [0.5, 0.6) is 0 Å². The SMILES string of the molecule is COC(=O)c1cn([C@H]2CCCN(c3ncnc4onc(C)c34)C2)nn1. The number of hydrogen-bond acceptors (Lipinski definition) is 9. The van der Waals surface area contributed by atoms with Gasteiger partial charge in [0.15, 0.2) is 5.69 Å². The molecule has 0 unspecified atom stereocenters. The first-order chi connectivity index (χ1) is 12.2. The first kappa shape index (κ1) is 15.5. The number of aryl methyl sites for hydroxylation is 1. The van der Waals surface area contributed by atoms with Gasteiger partial charge in [0.1, 0.15) is 17.5 Å². The van der Waals surface area contributed by atoms with Crippen LogP contribution in [0.1, 0.15) is 35.1 Å². The van der Waals surface area contributed by atoms with Crippen molar-refractivity contribution < 1.29 is 14.1 Å². The molecule has 0 spiro atoms. The predicted octanol–water partition coefficient (Wildman–Crippen LogP) is 1.15. The highest BCUT2D eigenvalue weighted by atomic mass is 16.5. The summed E-state index contributed by atoms with van der Waals surface area (Å²) in [5, 5.41) is 12.8. The Hall–Kier alpha value is -3.04. The molecular weight excluding hydrogens is 326 g/mol. The molecule has 1 atom stereocenters. The highest BCUT2D eigenvalue weighted by molar-refractivity contribution is 5.88. The summed E-state index contributed by atoms with van der Waals surface area (Å²) < 4.78 is 11.6. The Morgan fingerprint density at radius 2 is 2.28 bits per heavy atom. The maximum atomic E-state index is 11.6. The highest BCUT2D eigenvalue weighted by Crippen LogP contribution is 2.30. The molecule has 0 radical (unpaired) electrons. The second kappa shape index (κ2) is 6.11. The fourth-order valence-corrected chi connectivity index (χ4v) is 3.16. The lowest BCUT2D eigenvalue weighted by Gasteiger charge is -2.33. The van der Waals surface area contributed by atoms with Crippen molar-refractivity contribution in [2.45, 2.75) is 25.8 Å². The minimum Gasteiger partial charge on any atom is -0.464 e. The van der Waals surface area contributed by atoms with E-state index in [1.54, 1.807) is 10.9 Å². The van der Waals surface area contributed by atoms with Crippen LogP contribution in [0.2, 0.25) is 0 Å². The van der Waals surface area contributed by atoms with Crippen molar-refractivity contribution in [2.24, 2.45) is 0 Å². The van der Waals surface area contributed by atoms with Crippen molar-refractivity contribution in [1.82, 2.24) is 30.1 Å². The average Bonchev–Trinajstić information content (AvgIpc) is 3.29. The van der Waals surface area contributed by atoms with E-state index in [0.29, 0.717) is 12.3 Å². The molecule has 10 heteroatoms. The summed E-state index contributed by atoms with van der Waals surface area (Å²) in [6, 6.07) is 0.0878. The Balaban J connectivity index is 1.61. The Morgan fingerprint density at radius 1 is 1.40 bits per heavy atom. The van der Waals surface area contributed by atoms with E-state index in [4.69, 9.17) is 4.52 Å². The summed E-state index contributed by atoms with van der Waals surface area (Å²) in [5.74, 6) is 0.318. The molecule has 1 aliphatic rings. The van der Waals surface area contributed by atoms with Gasteiger partial charge in [-0.15, -0.1) is 5.10 Å². The van der Waals surface area contributed by atoms with Gasteiger partial charge in [-0.25, -0.2) is 14.5 Å². The van der Waals surface area contributed by atoms with Crippen LogP contribution in [0.25, 0.3) is 11.1 Å². The molecule has 0 aliphatic carbocycles. The number of nitrogens with zero attached hydrogens (tertiary/aromatic N) is 7. The van der Waals surface area contributed by atoms with Crippen molar-refractivity contribution in [3.8, 4) is 0 Å². The number of aromatic nitrogens is 6. The van der Waals surface area contributed by atoms with Crippen LogP contribution in [0.15, 0.2) is 17.0 Å². The third kappa shape index (κ3) is 2.69. The normalized spacial score (nSPS) is 17.8. The Morgan fingerprint density at radius 3 is 3.12 bits per heavy atom. The molecule has 0 bridgehead atoms. The number of anilines is 1. The fraction of sp³-hybridized carbons (Fsp3) is 0.467. The van der Waals surface area contributed by atoms with E-state index in [2.05, 4.69) is 35.1 Å². The molecule has 25 heavy (non-hydrogen) atoms. The smallest absolute Gasteiger partial charge is 0.360 e. The lowest BCUT2D eigenvalue weighted by molar-refractivity contribution is 0.0594. The zero-order chi connectivity index (χ0) is 17.4. The van der Waals surface area contributed by atoms with Crippen molar-refractivity contribution in [1.29, 1.82) is 0 Å². The van der Waals surface area contributed by atoms with Gasteiger partial charge in [-0.3, -0.25) is 0 Å². The van der Waals surface area contributed by atoms with Crippen LogP contribution in [0.4, 0.5) is 5.82 Å². The molecule has 10 nitrogen and oxygen atoms in total. The van der Waals surface area contributed by atoms with Crippen molar-refractivity contribution in [2.75, 3.05) is 25.1 Å². The Bertz CT molecular complexity index is 919. The number of hydrogen-bond donors (Lipinski definition) is 0. The van der Waals surface area contributed by atoms with E-state index in [1.807, 2.05) is 6.92 Å². The number of piperidine rings is 1.